The van der Waals surface area contributed by atoms with E-state index in [1.807, 2.05) is 30.3 Å². The maximum atomic E-state index is 12.0. The van der Waals surface area contributed by atoms with Crippen LogP contribution in [0.3, 0.4) is 0 Å². The van der Waals surface area contributed by atoms with Gasteiger partial charge in [-0.25, -0.2) is 0 Å². The first-order valence-corrected chi connectivity index (χ1v) is 6.61. The highest BCUT2D eigenvalue weighted by atomic mass is 16.5. The Hall–Kier alpha value is -2.63. The molecule has 0 bridgehead atoms. The van der Waals surface area contributed by atoms with Crippen molar-refractivity contribution in [1.82, 2.24) is 10.5 Å². The molecule has 6 heteroatoms. The van der Waals surface area contributed by atoms with Gasteiger partial charge >= 0.3 is 5.97 Å². The van der Waals surface area contributed by atoms with E-state index in [0.717, 1.165) is 5.56 Å². The number of nitrogens with one attached hydrogen (secondary N) is 1. The summed E-state index contributed by atoms with van der Waals surface area (Å²) >= 11 is 0. The van der Waals surface area contributed by atoms with Gasteiger partial charge in [0.15, 0.2) is 0 Å². The van der Waals surface area contributed by atoms with Crippen LogP contribution in [-0.4, -0.2) is 28.2 Å². The number of carbonyl (C=O) groups is 2. The molecule has 21 heavy (non-hydrogen) atoms. The molecule has 0 saturated heterocycles. The molecule has 0 radical (unpaired) electrons. The van der Waals surface area contributed by atoms with Crippen molar-refractivity contribution < 1.29 is 19.2 Å². The Bertz CT molecular complexity index is 622. The average molecular weight is 288 g/mol. The third-order valence-electron chi connectivity index (χ3n) is 2.97. The van der Waals surface area contributed by atoms with Gasteiger partial charge in [0.2, 0.25) is 5.76 Å². The number of aromatic nitrogens is 1. The second kappa shape index (κ2) is 6.69. The molecule has 110 valence electrons. The van der Waals surface area contributed by atoms with Crippen molar-refractivity contribution in [1.29, 1.82) is 0 Å². The maximum Gasteiger partial charge on any atom is 0.303 e. The van der Waals surface area contributed by atoms with Crippen molar-refractivity contribution >= 4 is 11.9 Å². The molecular weight excluding hydrogens is 272 g/mol. The van der Waals surface area contributed by atoms with Crippen molar-refractivity contribution in [3.05, 3.63) is 42.2 Å². The van der Waals surface area contributed by atoms with E-state index in [4.69, 9.17) is 9.63 Å². The van der Waals surface area contributed by atoms with E-state index in [2.05, 4.69) is 10.5 Å². The normalized spacial score (nSPS) is 11.9. The molecule has 0 fully saturated rings. The monoisotopic (exact) mass is 288 g/mol. The van der Waals surface area contributed by atoms with Gasteiger partial charge in [-0.1, -0.05) is 35.5 Å². The van der Waals surface area contributed by atoms with Crippen molar-refractivity contribution in [2.45, 2.75) is 25.8 Å². The molecule has 6 nitrogen and oxygen atoms in total. The van der Waals surface area contributed by atoms with Gasteiger partial charge in [-0.2, -0.15) is 0 Å². The third-order valence-corrected chi connectivity index (χ3v) is 2.97. The molecule has 0 aliphatic carbocycles. The van der Waals surface area contributed by atoms with Crippen LogP contribution in [0.15, 0.2) is 40.9 Å². The summed E-state index contributed by atoms with van der Waals surface area (Å²) in [6.07, 6.45) is 0.369. The molecule has 0 unspecified atom stereocenters. The SMILES string of the molecule is C[C@H](CCC(=O)O)NC(=O)c1cc(-c2ccccc2)no1. The summed E-state index contributed by atoms with van der Waals surface area (Å²) in [5.41, 5.74) is 1.44. The van der Waals surface area contributed by atoms with Crippen LogP contribution in [-0.2, 0) is 4.79 Å². The fourth-order valence-electron chi connectivity index (χ4n) is 1.83. The minimum absolute atomic E-state index is 0.00706. The molecule has 0 aliphatic heterocycles. The summed E-state index contributed by atoms with van der Waals surface area (Å²) in [5.74, 6) is -1.18. The van der Waals surface area contributed by atoms with Crippen LogP contribution in [0.25, 0.3) is 11.3 Å². The van der Waals surface area contributed by atoms with Crippen LogP contribution >= 0.6 is 0 Å². The number of benzene rings is 1. The molecule has 2 aromatic rings. The van der Waals surface area contributed by atoms with Gasteiger partial charge in [0.1, 0.15) is 5.69 Å². The number of carboxylic acid groups (broad SMARTS) is 1. The quantitative estimate of drug-likeness (QED) is 0.851. The molecule has 2 rings (SSSR count). The Balaban J connectivity index is 1.98. The molecule has 0 aliphatic rings. The van der Waals surface area contributed by atoms with Gasteiger partial charge in [-0.3, -0.25) is 9.59 Å². The Labute approximate surface area is 121 Å². The first-order valence-electron chi connectivity index (χ1n) is 6.61. The molecule has 1 atom stereocenters. The number of carboxylic acids is 1. The zero-order valence-corrected chi connectivity index (χ0v) is 11.6. The second-order valence-corrected chi connectivity index (χ2v) is 4.75. The first kappa shape index (κ1) is 14.8. The Morgan fingerprint density at radius 1 is 1.33 bits per heavy atom. The van der Waals surface area contributed by atoms with Crippen LogP contribution in [0.2, 0.25) is 0 Å². The number of carbonyl (C=O) groups excluding carboxylic acids is 1. The molecular formula is C15H16N2O4. The van der Waals surface area contributed by atoms with E-state index in [1.165, 1.54) is 0 Å². The molecule has 1 heterocycles. The Morgan fingerprint density at radius 2 is 2.05 bits per heavy atom. The number of nitrogens with zero attached hydrogens (tertiary/aromatic N) is 1. The molecule has 2 N–H and O–H groups in total. The van der Waals surface area contributed by atoms with Gasteiger partial charge in [-0.15, -0.1) is 0 Å². The zero-order valence-electron chi connectivity index (χ0n) is 11.6. The van der Waals surface area contributed by atoms with Crippen molar-refractivity contribution in [3.63, 3.8) is 0 Å². The summed E-state index contributed by atoms with van der Waals surface area (Å²) < 4.78 is 5.03. The van der Waals surface area contributed by atoms with Gasteiger partial charge in [0, 0.05) is 24.1 Å². The van der Waals surface area contributed by atoms with E-state index < -0.39 is 11.9 Å². The smallest absolute Gasteiger partial charge is 0.303 e. The van der Waals surface area contributed by atoms with E-state index in [1.54, 1.807) is 13.0 Å². The predicted molar refractivity (Wildman–Crippen MR) is 75.7 cm³/mol. The van der Waals surface area contributed by atoms with Gasteiger partial charge in [0.05, 0.1) is 0 Å². The van der Waals surface area contributed by atoms with Crippen molar-refractivity contribution in [2.24, 2.45) is 0 Å². The number of hydrogen-bond donors (Lipinski definition) is 2. The lowest BCUT2D eigenvalue weighted by Gasteiger charge is -2.10. The van der Waals surface area contributed by atoms with Crippen LogP contribution in [0.5, 0.6) is 0 Å². The van der Waals surface area contributed by atoms with Crippen LogP contribution in [0.1, 0.15) is 30.3 Å². The summed E-state index contributed by atoms with van der Waals surface area (Å²) in [4.78, 5) is 22.4. The van der Waals surface area contributed by atoms with Crippen molar-refractivity contribution in [3.8, 4) is 11.3 Å². The van der Waals surface area contributed by atoms with Crippen LogP contribution in [0, 0.1) is 0 Å². The fraction of sp³-hybridized carbons (Fsp3) is 0.267. The lowest BCUT2D eigenvalue weighted by atomic mass is 10.1. The highest BCUT2D eigenvalue weighted by molar-refractivity contribution is 5.92. The van der Waals surface area contributed by atoms with Gasteiger partial charge < -0.3 is 14.9 Å². The minimum Gasteiger partial charge on any atom is -0.481 e. The molecule has 0 spiro atoms. The zero-order chi connectivity index (χ0) is 15.2. The topological polar surface area (TPSA) is 92.4 Å². The van der Waals surface area contributed by atoms with Gasteiger partial charge in [-0.05, 0) is 13.3 Å². The molecule has 1 aromatic heterocycles. The van der Waals surface area contributed by atoms with Crippen LogP contribution < -0.4 is 5.32 Å². The maximum absolute atomic E-state index is 12.0. The highest BCUT2D eigenvalue weighted by Gasteiger charge is 2.16. The predicted octanol–water partition coefficient (Wildman–Crippen LogP) is 2.32. The third kappa shape index (κ3) is 4.17. The number of hydrogen-bond acceptors (Lipinski definition) is 4. The molecule has 1 aromatic carbocycles. The lowest BCUT2D eigenvalue weighted by Crippen LogP contribution is -2.32. The van der Waals surface area contributed by atoms with E-state index in [-0.39, 0.29) is 18.2 Å². The Morgan fingerprint density at radius 3 is 2.71 bits per heavy atom. The highest BCUT2D eigenvalue weighted by Crippen LogP contribution is 2.18. The summed E-state index contributed by atoms with van der Waals surface area (Å²) in [6.45, 7) is 1.75. The van der Waals surface area contributed by atoms with E-state index in [0.29, 0.717) is 12.1 Å². The van der Waals surface area contributed by atoms with E-state index >= 15 is 0 Å². The van der Waals surface area contributed by atoms with E-state index in [9.17, 15) is 9.59 Å². The first-order chi connectivity index (χ1) is 10.1. The second-order valence-electron chi connectivity index (χ2n) is 4.75. The minimum atomic E-state index is -0.887. The average Bonchev–Trinajstić information content (AvgIpc) is 2.96. The standard InChI is InChI=1S/C15H16N2O4/c1-10(7-8-14(18)19)16-15(20)13-9-12(17-21-13)11-5-3-2-4-6-11/h2-6,9-10H,7-8H2,1H3,(H,16,20)(H,18,19)/t10-/m1/s1. The molecule has 0 saturated carbocycles. The fourth-order valence-corrected chi connectivity index (χ4v) is 1.83. The number of aliphatic carboxylic acids is 1. The number of amides is 1. The van der Waals surface area contributed by atoms with Crippen LogP contribution in [0.4, 0.5) is 0 Å². The summed E-state index contributed by atoms with van der Waals surface area (Å²) in [5, 5.41) is 15.1. The molecule has 1 amide bonds. The lowest BCUT2D eigenvalue weighted by molar-refractivity contribution is -0.137. The number of rotatable bonds is 6. The largest absolute Gasteiger partial charge is 0.481 e. The summed E-state index contributed by atoms with van der Waals surface area (Å²) in [7, 11) is 0. The Kier molecular flexibility index (Phi) is 4.71. The van der Waals surface area contributed by atoms with Gasteiger partial charge in [0.25, 0.3) is 5.91 Å². The van der Waals surface area contributed by atoms with Crippen molar-refractivity contribution in [2.75, 3.05) is 0 Å². The summed E-state index contributed by atoms with van der Waals surface area (Å²) in [6, 6.07) is 10.7.